The Balaban J connectivity index is 1.33. The lowest BCUT2D eigenvalue weighted by Gasteiger charge is -2.32. The van der Waals surface area contributed by atoms with Crippen LogP contribution in [0.5, 0.6) is 0 Å². The van der Waals surface area contributed by atoms with Crippen molar-refractivity contribution in [3.63, 3.8) is 0 Å². The Bertz CT molecular complexity index is 1130. The molecule has 168 valence electrons. The zero-order valence-electron chi connectivity index (χ0n) is 18.7. The minimum Gasteiger partial charge on any atom is -0.375 e. The Labute approximate surface area is 187 Å². The number of fused-ring (bicyclic) bond motifs is 1. The van der Waals surface area contributed by atoms with E-state index in [1.165, 1.54) is 12.8 Å². The van der Waals surface area contributed by atoms with Crippen LogP contribution in [0.25, 0.3) is 10.9 Å². The van der Waals surface area contributed by atoms with Gasteiger partial charge in [0.05, 0.1) is 29.0 Å². The highest BCUT2D eigenvalue weighted by Crippen LogP contribution is 2.29. The van der Waals surface area contributed by atoms with Crippen molar-refractivity contribution in [3.8, 4) is 0 Å². The number of hydrogen-bond donors (Lipinski definition) is 1. The number of carbonyl (C=O) groups excluding carboxylic acids is 1. The van der Waals surface area contributed by atoms with Gasteiger partial charge in [0.1, 0.15) is 0 Å². The highest BCUT2D eigenvalue weighted by atomic mass is 16.5. The number of anilines is 1. The molecule has 2 aliphatic rings. The summed E-state index contributed by atoms with van der Waals surface area (Å²) in [6.45, 7) is 6.01. The fraction of sp³-hybridized carbons (Fsp3) is 0.500. The first-order valence-electron chi connectivity index (χ1n) is 11.5. The maximum Gasteiger partial charge on any atom is 0.250 e. The SMILES string of the molecule is CC(C)n1cc(C(N)=O)c2cnc(Cc3ccnc(N4CCC(OC5CC5)CC4)n3)cc21. The Kier molecular flexibility index (Phi) is 5.55. The first-order valence-corrected chi connectivity index (χ1v) is 11.5. The van der Waals surface area contributed by atoms with E-state index >= 15 is 0 Å². The normalized spacial score (nSPS) is 17.4. The number of carbonyl (C=O) groups is 1. The summed E-state index contributed by atoms with van der Waals surface area (Å²) in [5.41, 5.74) is 8.86. The molecular weight excluding hydrogens is 404 g/mol. The van der Waals surface area contributed by atoms with Crippen molar-refractivity contribution < 1.29 is 9.53 Å². The van der Waals surface area contributed by atoms with Gasteiger partial charge in [0.2, 0.25) is 5.95 Å². The van der Waals surface area contributed by atoms with Gasteiger partial charge in [0.15, 0.2) is 0 Å². The minimum absolute atomic E-state index is 0.207. The van der Waals surface area contributed by atoms with Gasteiger partial charge in [-0.1, -0.05) is 0 Å². The third kappa shape index (κ3) is 4.32. The van der Waals surface area contributed by atoms with Crippen molar-refractivity contribution in [2.75, 3.05) is 18.0 Å². The monoisotopic (exact) mass is 434 g/mol. The molecule has 0 bridgehead atoms. The number of primary amides is 1. The van der Waals surface area contributed by atoms with E-state index in [1.807, 2.05) is 24.5 Å². The van der Waals surface area contributed by atoms with E-state index in [9.17, 15) is 4.79 Å². The van der Waals surface area contributed by atoms with E-state index in [0.717, 1.165) is 54.2 Å². The van der Waals surface area contributed by atoms with E-state index in [2.05, 4.69) is 33.3 Å². The predicted octanol–water partition coefficient (Wildman–Crippen LogP) is 3.24. The average Bonchev–Trinajstić information content (AvgIpc) is 3.51. The second-order valence-electron chi connectivity index (χ2n) is 9.15. The molecule has 1 saturated heterocycles. The highest BCUT2D eigenvalue weighted by Gasteiger charge is 2.29. The summed E-state index contributed by atoms with van der Waals surface area (Å²) < 4.78 is 8.13. The minimum atomic E-state index is -0.435. The molecular formula is C24H30N6O2. The van der Waals surface area contributed by atoms with Gasteiger partial charge >= 0.3 is 0 Å². The number of ether oxygens (including phenoxy) is 1. The Morgan fingerprint density at radius 1 is 1.16 bits per heavy atom. The summed E-state index contributed by atoms with van der Waals surface area (Å²) >= 11 is 0. The molecule has 4 heterocycles. The van der Waals surface area contributed by atoms with Crippen LogP contribution >= 0.6 is 0 Å². The molecule has 8 heteroatoms. The zero-order valence-corrected chi connectivity index (χ0v) is 18.7. The van der Waals surface area contributed by atoms with Crippen molar-refractivity contribution in [1.82, 2.24) is 19.5 Å². The summed E-state index contributed by atoms with van der Waals surface area (Å²) in [6, 6.07) is 4.18. The van der Waals surface area contributed by atoms with Gasteiger partial charge in [-0.25, -0.2) is 9.97 Å². The number of hydrogen-bond acceptors (Lipinski definition) is 6. The molecule has 0 radical (unpaired) electrons. The number of rotatable bonds is 7. The van der Waals surface area contributed by atoms with Crippen LogP contribution in [0, 0.1) is 0 Å². The summed E-state index contributed by atoms with van der Waals surface area (Å²) in [6.07, 6.45) is 11.4. The van der Waals surface area contributed by atoms with Crippen LogP contribution < -0.4 is 10.6 Å². The van der Waals surface area contributed by atoms with Crippen molar-refractivity contribution in [2.45, 2.75) is 64.2 Å². The summed E-state index contributed by atoms with van der Waals surface area (Å²) in [4.78, 5) is 28.0. The lowest BCUT2D eigenvalue weighted by atomic mass is 10.1. The maximum absolute atomic E-state index is 11.8. The molecule has 1 amide bonds. The Morgan fingerprint density at radius 2 is 1.91 bits per heavy atom. The van der Waals surface area contributed by atoms with Crippen LogP contribution in [0.15, 0.2) is 30.7 Å². The van der Waals surface area contributed by atoms with Crippen LogP contribution in [0.4, 0.5) is 5.95 Å². The fourth-order valence-electron chi connectivity index (χ4n) is 4.40. The second-order valence-corrected chi connectivity index (χ2v) is 9.15. The third-order valence-electron chi connectivity index (χ3n) is 6.29. The van der Waals surface area contributed by atoms with E-state index in [0.29, 0.717) is 24.2 Å². The van der Waals surface area contributed by atoms with Gasteiger partial charge in [-0.2, -0.15) is 0 Å². The predicted molar refractivity (Wildman–Crippen MR) is 123 cm³/mol. The highest BCUT2D eigenvalue weighted by molar-refractivity contribution is 6.06. The number of aromatic nitrogens is 4. The largest absolute Gasteiger partial charge is 0.375 e. The molecule has 2 N–H and O–H groups in total. The standard InChI is InChI=1S/C24H30N6O2/c1-15(2)30-14-21(23(25)31)20-13-27-17(12-22(20)30)11-16-5-8-26-24(28-16)29-9-6-19(7-10-29)32-18-3-4-18/h5,8,12-15,18-19H,3-4,6-7,9-11H2,1-2H3,(H2,25,31). The van der Waals surface area contributed by atoms with Crippen molar-refractivity contribution in [3.05, 3.63) is 47.7 Å². The molecule has 3 aromatic rings. The van der Waals surface area contributed by atoms with Gasteiger partial charge < -0.3 is 19.9 Å². The van der Waals surface area contributed by atoms with E-state index in [1.54, 1.807) is 6.20 Å². The van der Waals surface area contributed by atoms with Crippen LogP contribution in [-0.4, -0.2) is 50.7 Å². The first-order chi connectivity index (χ1) is 15.5. The lowest BCUT2D eigenvalue weighted by molar-refractivity contribution is 0.0245. The maximum atomic E-state index is 11.8. The molecule has 0 atom stereocenters. The molecule has 2 fully saturated rings. The van der Waals surface area contributed by atoms with Gasteiger partial charge in [-0.05, 0) is 51.7 Å². The third-order valence-corrected chi connectivity index (χ3v) is 6.29. The van der Waals surface area contributed by atoms with Gasteiger partial charge in [-0.3, -0.25) is 9.78 Å². The molecule has 1 aliphatic carbocycles. The van der Waals surface area contributed by atoms with Crippen molar-refractivity contribution >= 4 is 22.8 Å². The molecule has 1 saturated carbocycles. The molecule has 8 nitrogen and oxygen atoms in total. The van der Waals surface area contributed by atoms with E-state index < -0.39 is 5.91 Å². The van der Waals surface area contributed by atoms with Crippen LogP contribution in [-0.2, 0) is 11.2 Å². The van der Waals surface area contributed by atoms with Gasteiger partial charge in [0, 0.05) is 55.2 Å². The van der Waals surface area contributed by atoms with Gasteiger partial charge in [0.25, 0.3) is 5.91 Å². The Hall–Kier alpha value is -3.00. The fourth-order valence-corrected chi connectivity index (χ4v) is 4.40. The average molecular weight is 435 g/mol. The van der Waals surface area contributed by atoms with E-state index in [4.69, 9.17) is 15.5 Å². The number of pyridine rings is 1. The molecule has 5 rings (SSSR count). The number of nitrogens with zero attached hydrogens (tertiary/aromatic N) is 5. The topological polar surface area (TPSA) is 99.2 Å². The summed E-state index contributed by atoms with van der Waals surface area (Å²) in [5.74, 6) is 0.339. The van der Waals surface area contributed by atoms with E-state index in [-0.39, 0.29) is 6.04 Å². The lowest BCUT2D eigenvalue weighted by Crippen LogP contribution is -2.38. The molecule has 32 heavy (non-hydrogen) atoms. The summed E-state index contributed by atoms with van der Waals surface area (Å²) in [7, 11) is 0. The van der Waals surface area contributed by atoms with Crippen molar-refractivity contribution in [1.29, 1.82) is 0 Å². The molecule has 0 spiro atoms. The molecule has 0 aromatic carbocycles. The number of amides is 1. The Morgan fingerprint density at radius 3 is 2.59 bits per heavy atom. The van der Waals surface area contributed by atoms with Crippen LogP contribution in [0.2, 0.25) is 0 Å². The molecule has 0 unspecified atom stereocenters. The zero-order chi connectivity index (χ0) is 22.2. The number of piperidine rings is 1. The van der Waals surface area contributed by atoms with Crippen molar-refractivity contribution in [2.24, 2.45) is 5.73 Å². The number of nitrogens with two attached hydrogens (primary N) is 1. The summed E-state index contributed by atoms with van der Waals surface area (Å²) in [5, 5.41) is 0.787. The molecule has 1 aliphatic heterocycles. The van der Waals surface area contributed by atoms with Gasteiger partial charge in [-0.15, -0.1) is 0 Å². The van der Waals surface area contributed by atoms with Crippen LogP contribution in [0.1, 0.15) is 67.3 Å². The second kappa shape index (κ2) is 8.50. The molecule has 3 aromatic heterocycles. The first kappa shape index (κ1) is 20.9. The quantitative estimate of drug-likeness (QED) is 0.613. The smallest absolute Gasteiger partial charge is 0.250 e. The van der Waals surface area contributed by atoms with Crippen LogP contribution in [0.3, 0.4) is 0 Å².